The molecule has 0 aromatic carbocycles. The summed E-state index contributed by atoms with van der Waals surface area (Å²) >= 11 is 0. The smallest absolute Gasteiger partial charge is 0.0500 e. The zero-order valence-electron chi connectivity index (χ0n) is 9.12. The quantitative estimate of drug-likeness (QED) is 0.567. The third-order valence-electron chi connectivity index (χ3n) is 2.65. The van der Waals surface area contributed by atoms with Gasteiger partial charge < -0.3 is 0 Å². The van der Waals surface area contributed by atoms with Crippen molar-refractivity contribution in [2.75, 3.05) is 0 Å². The zero-order chi connectivity index (χ0) is 10.6. The van der Waals surface area contributed by atoms with Crippen molar-refractivity contribution in [3.05, 3.63) is 29.6 Å². The number of nitrogens with one attached hydrogen (secondary N) is 1. The Kier molecular flexibility index (Phi) is 4.04. The highest BCUT2D eigenvalue weighted by Gasteiger charge is 2.16. The van der Waals surface area contributed by atoms with Crippen LogP contribution in [0.2, 0.25) is 0 Å². The number of pyridine rings is 1. The summed E-state index contributed by atoms with van der Waals surface area (Å²) in [7, 11) is 0. The monoisotopic (exact) mass is 193 g/mol. The SMILES string of the molecule is CCC(C)C(NN)c1cncc(C)c1. The van der Waals surface area contributed by atoms with E-state index in [2.05, 4.69) is 30.3 Å². The van der Waals surface area contributed by atoms with Crippen molar-refractivity contribution in [2.45, 2.75) is 33.2 Å². The number of aryl methyl sites for hydroxylation is 1. The third kappa shape index (κ3) is 2.53. The summed E-state index contributed by atoms with van der Waals surface area (Å²) in [5.74, 6) is 6.07. The van der Waals surface area contributed by atoms with E-state index in [9.17, 15) is 0 Å². The molecule has 0 amide bonds. The Morgan fingerprint density at radius 3 is 2.71 bits per heavy atom. The van der Waals surface area contributed by atoms with Gasteiger partial charge in [-0.05, 0) is 24.0 Å². The van der Waals surface area contributed by atoms with Gasteiger partial charge in [0.2, 0.25) is 0 Å². The van der Waals surface area contributed by atoms with Crippen molar-refractivity contribution in [1.82, 2.24) is 10.4 Å². The number of aromatic nitrogens is 1. The van der Waals surface area contributed by atoms with Gasteiger partial charge in [-0.3, -0.25) is 16.3 Å². The van der Waals surface area contributed by atoms with Crippen LogP contribution in [0.3, 0.4) is 0 Å². The minimum Gasteiger partial charge on any atom is -0.271 e. The molecule has 0 bridgehead atoms. The molecule has 0 spiro atoms. The fraction of sp³-hybridized carbons (Fsp3) is 0.545. The first-order valence-corrected chi connectivity index (χ1v) is 5.06. The molecule has 3 N–H and O–H groups in total. The standard InChI is InChI=1S/C11H19N3/c1-4-9(3)11(14-12)10-5-8(2)6-13-7-10/h5-7,9,11,14H,4,12H2,1-3H3. The Balaban J connectivity index is 2.89. The molecule has 0 aliphatic carbocycles. The second-order valence-electron chi connectivity index (χ2n) is 3.83. The van der Waals surface area contributed by atoms with Crippen LogP contribution in [-0.2, 0) is 0 Å². The molecule has 0 fully saturated rings. The molecule has 2 atom stereocenters. The lowest BCUT2D eigenvalue weighted by molar-refractivity contribution is 0.382. The minimum absolute atomic E-state index is 0.201. The van der Waals surface area contributed by atoms with Crippen molar-refractivity contribution in [2.24, 2.45) is 11.8 Å². The van der Waals surface area contributed by atoms with Crippen LogP contribution >= 0.6 is 0 Å². The normalized spacial score (nSPS) is 15.1. The van der Waals surface area contributed by atoms with Gasteiger partial charge in [-0.2, -0.15) is 0 Å². The van der Waals surface area contributed by atoms with Crippen LogP contribution in [0.15, 0.2) is 18.5 Å². The molecule has 2 unspecified atom stereocenters. The molecule has 0 saturated carbocycles. The molecule has 3 heteroatoms. The van der Waals surface area contributed by atoms with Crippen LogP contribution in [-0.4, -0.2) is 4.98 Å². The van der Waals surface area contributed by atoms with E-state index in [0.717, 1.165) is 6.42 Å². The van der Waals surface area contributed by atoms with Gasteiger partial charge in [0.05, 0.1) is 6.04 Å². The molecule has 3 nitrogen and oxygen atoms in total. The van der Waals surface area contributed by atoms with Gasteiger partial charge in [0.15, 0.2) is 0 Å². The predicted molar refractivity (Wildman–Crippen MR) is 58.5 cm³/mol. The predicted octanol–water partition coefficient (Wildman–Crippen LogP) is 1.94. The Hall–Kier alpha value is -0.930. The first-order chi connectivity index (χ1) is 6.69. The maximum atomic E-state index is 5.55. The fourth-order valence-corrected chi connectivity index (χ4v) is 1.57. The number of rotatable bonds is 4. The zero-order valence-corrected chi connectivity index (χ0v) is 9.12. The van der Waals surface area contributed by atoms with Crippen LogP contribution in [0.5, 0.6) is 0 Å². The average Bonchev–Trinajstić information content (AvgIpc) is 2.19. The first-order valence-electron chi connectivity index (χ1n) is 5.06. The van der Waals surface area contributed by atoms with Gasteiger partial charge in [0, 0.05) is 12.4 Å². The van der Waals surface area contributed by atoms with E-state index in [1.807, 2.05) is 19.3 Å². The van der Waals surface area contributed by atoms with Gasteiger partial charge in [-0.25, -0.2) is 0 Å². The second-order valence-corrected chi connectivity index (χ2v) is 3.83. The van der Waals surface area contributed by atoms with E-state index in [-0.39, 0.29) is 6.04 Å². The highest BCUT2D eigenvalue weighted by Crippen LogP contribution is 2.23. The van der Waals surface area contributed by atoms with E-state index < -0.39 is 0 Å². The first kappa shape index (κ1) is 11.1. The van der Waals surface area contributed by atoms with Crippen molar-refractivity contribution >= 4 is 0 Å². The molecule has 1 heterocycles. The van der Waals surface area contributed by atoms with Gasteiger partial charge >= 0.3 is 0 Å². The summed E-state index contributed by atoms with van der Waals surface area (Å²) in [6.45, 7) is 6.39. The Bertz CT molecular complexity index is 286. The summed E-state index contributed by atoms with van der Waals surface area (Å²) in [5, 5.41) is 0. The summed E-state index contributed by atoms with van der Waals surface area (Å²) in [6.07, 6.45) is 4.83. The summed E-state index contributed by atoms with van der Waals surface area (Å²) in [5.41, 5.74) is 5.20. The number of hydrazine groups is 1. The largest absolute Gasteiger partial charge is 0.271 e. The molecule has 0 radical (unpaired) electrons. The van der Waals surface area contributed by atoms with Gasteiger partial charge in [0.1, 0.15) is 0 Å². The molecule has 1 aromatic rings. The average molecular weight is 193 g/mol. The lowest BCUT2D eigenvalue weighted by atomic mass is 9.93. The van der Waals surface area contributed by atoms with Gasteiger partial charge in [0.25, 0.3) is 0 Å². The number of hydrogen-bond acceptors (Lipinski definition) is 3. The number of nitrogens with zero attached hydrogens (tertiary/aromatic N) is 1. The highest BCUT2D eigenvalue weighted by molar-refractivity contribution is 5.20. The fourth-order valence-electron chi connectivity index (χ4n) is 1.57. The number of nitrogens with two attached hydrogens (primary N) is 1. The van der Waals surface area contributed by atoms with Crippen LogP contribution < -0.4 is 11.3 Å². The summed E-state index contributed by atoms with van der Waals surface area (Å²) in [6, 6.07) is 2.33. The molecule has 0 saturated heterocycles. The maximum absolute atomic E-state index is 5.55. The van der Waals surface area contributed by atoms with E-state index in [4.69, 9.17) is 5.84 Å². The molecular weight excluding hydrogens is 174 g/mol. The van der Waals surface area contributed by atoms with Crippen molar-refractivity contribution < 1.29 is 0 Å². The summed E-state index contributed by atoms with van der Waals surface area (Å²) in [4.78, 5) is 4.17. The van der Waals surface area contributed by atoms with Crippen molar-refractivity contribution in [3.8, 4) is 0 Å². The minimum atomic E-state index is 0.201. The molecule has 14 heavy (non-hydrogen) atoms. The number of hydrogen-bond donors (Lipinski definition) is 2. The van der Waals surface area contributed by atoms with E-state index in [0.29, 0.717) is 5.92 Å². The topological polar surface area (TPSA) is 50.9 Å². The molecule has 1 rings (SSSR count). The Morgan fingerprint density at radius 1 is 1.50 bits per heavy atom. The van der Waals surface area contributed by atoms with E-state index in [1.54, 1.807) is 0 Å². The third-order valence-corrected chi connectivity index (χ3v) is 2.65. The second kappa shape index (κ2) is 5.08. The maximum Gasteiger partial charge on any atom is 0.0500 e. The lowest BCUT2D eigenvalue weighted by Crippen LogP contribution is -2.32. The van der Waals surface area contributed by atoms with E-state index in [1.165, 1.54) is 11.1 Å². The van der Waals surface area contributed by atoms with Gasteiger partial charge in [-0.1, -0.05) is 26.3 Å². The van der Waals surface area contributed by atoms with Gasteiger partial charge in [-0.15, -0.1) is 0 Å². The lowest BCUT2D eigenvalue weighted by Gasteiger charge is -2.22. The molecule has 0 aliphatic heterocycles. The highest BCUT2D eigenvalue weighted by atomic mass is 15.2. The molecular formula is C11H19N3. The van der Waals surface area contributed by atoms with Crippen molar-refractivity contribution in [3.63, 3.8) is 0 Å². The Morgan fingerprint density at radius 2 is 2.21 bits per heavy atom. The Labute approximate surface area is 85.7 Å². The van der Waals surface area contributed by atoms with Crippen LogP contribution in [0, 0.1) is 12.8 Å². The van der Waals surface area contributed by atoms with Crippen LogP contribution in [0.1, 0.15) is 37.4 Å². The molecule has 78 valence electrons. The summed E-state index contributed by atoms with van der Waals surface area (Å²) < 4.78 is 0. The van der Waals surface area contributed by atoms with Crippen LogP contribution in [0.4, 0.5) is 0 Å². The van der Waals surface area contributed by atoms with Crippen LogP contribution in [0.25, 0.3) is 0 Å². The molecule has 0 aliphatic rings. The van der Waals surface area contributed by atoms with E-state index >= 15 is 0 Å². The van der Waals surface area contributed by atoms with Crippen molar-refractivity contribution in [1.29, 1.82) is 0 Å². The molecule has 1 aromatic heterocycles.